The highest BCUT2D eigenvalue weighted by molar-refractivity contribution is 5.67. The van der Waals surface area contributed by atoms with Gasteiger partial charge in [-0.05, 0) is 31.7 Å². The van der Waals surface area contributed by atoms with Crippen molar-refractivity contribution in [2.45, 2.75) is 31.8 Å². The number of amides is 1. The molecule has 0 unspecified atom stereocenters. The quantitative estimate of drug-likeness (QED) is 0.548. The summed E-state index contributed by atoms with van der Waals surface area (Å²) in [5.41, 5.74) is 0. The molecule has 0 aromatic carbocycles. The maximum Gasteiger partial charge on any atom is 0.407 e. The molecule has 27 heavy (non-hydrogen) atoms. The van der Waals surface area contributed by atoms with Gasteiger partial charge in [0.25, 0.3) is 0 Å². The van der Waals surface area contributed by atoms with E-state index in [0.29, 0.717) is 43.9 Å². The monoisotopic (exact) mass is 375 g/mol. The van der Waals surface area contributed by atoms with Crippen LogP contribution in [0.15, 0.2) is 30.5 Å². The number of carbonyl (C=O) groups excluding carboxylic acids is 1. The Kier molecular flexibility index (Phi) is 7.28. The number of pyridine rings is 1. The average molecular weight is 375 g/mol. The van der Waals surface area contributed by atoms with Crippen molar-refractivity contribution in [2.75, 3.05) is 31.7 Å². The van der Waals surface area contributed by atoms with Gasteiger partial charge in [0.05, 0.1) is 13.2 Å². The van der Waals surface area contributed by atoms with E-state index in [2.05, 4.69) is 25.8 Å². The lowest BCUT2D eigenvalue weighted by atomic mass is 10.3. The van der Waals surface area contributed by atoms with Crippen LogP contribution in [0.2, 0.25) is 0 Å². The average Bonchev–Trinajstić information content (AvgIpc) is 3.35. The second kappa shape index (κ2) is 10.4. The van der Waals surface area contributed by atoms with Crippen molar-refractivity contribution in [2.24, 2.45) is 0 Å². The maximum atomic E-state index is 11.6. The van der Waals surface area contributed by atoms with Crippen LogP contribution in [0.5, 0.6) is 5.88 Å². The lowest BCUT2D eigenvalue weighted by molar-refractivity contribution is 0.0851. The largest absolute Gasteiger partial charge is 0.475 e. The normalized spacial score (nSPS) is 14.1. The van der Waals surface area contributed by atoms with Gasteiger partial charge in [-0.3, -0.25) is 5.10 Å². The molecule has 0 bridgehead atoms. The van der Waals surface area contributed by atoms with Crippen molar-refractivity contribution in [1.82, 2.24) is 20.5 Å². The number of hydrogen-bond acceptors (Lipinski definition) is 7. The Labute approximate surface area is 157 Å². The molecule has 2 aromatic heterocycles. The summed E-state index contributed by atoms with van der Waals surface area (Å²) in [7, 11) is 0. The predicted octanol–water partition coefficient (Wildman–Crippen LogP) is 2.61. The van der Waals surface area contributed by atoms with Gasteiger partial charge in [-0.2, -0.15) is 10.1 Å². The Morgan fingerprint density at radius 3 is 2.85 bits per heavy atom. The van der Waals surface area contributed by atoms with Gasteiger partial charge in [-0.15, -0.1) is 0 Å². The Morgan fingerprint density at radius 2 is 2.04 bits per heavy atom. The number of anilines is 2. The van der Waals surface area contributed by atoms with Crippen molar-refractivity contribution in [1.29, 1.82) is 0 Å². The van der Waals surface area contributed by atoms with Gasteiger partial charge in [-0.1, -0.05) is 6.07 Å². The third-order valence-electron chi connectivity index (χ3n) is 4.05. The van der Waals surface area contributed by atoms with E-state index in [1.54, 1.807) is 18.3 Å². The fourth-order valence-corrected chi connectivity index (χ4v) is 2.76. The van der Waals surface area contributed by atoms with E-state index in [0.717, 1.165) is 25.7 Å². The maximum absolute atomic E-state index is 11.6. The van der Waals surface area contributed by atoms with Crippen LogP contribution in [0.25, 0.3) is 0 Å². The molecule has 2 heterocycles. The fraction of sp³-hybridized carbons (Fsp3) is 0.500. The third kappa shape index (κ3) is 6.78. The number of rotatable bonds is 10. The zero-order valence-electron chi connectivity index (χ0n) is 15.1. The molecule has 9 heteroatoms. The first kappa shape index (κ1) is 19.0. The van der Waals surface area contributed by atoms with Gasteiger partial charge in [0.2, 0.25) is 5.88 Å². The van der Waals surface area contributed by atoms with E-state index in [4.69, 9.17) is 14.2 Å². The van der Waals surface area contributed by atoms with E-state index >= 15 is 0 Å². The molecule has 146 valence electrons. The molecule has 0 spiro atoms. The Bertz CT molecular complexity index is 689. The second-order valence-corrected chi connectivity index (χ2v) is 6.14. The highest BCUT2D eigenvalue weighted by Crippen LogP contribution is 2.20. The molecule has 1 saturated carbocycles. The van der Waals surface area contributed by atoms with E-state index < -0.39 is 0 Å². The van der Waals surface area contributed by atoms with E-state index in [1.807, 2.05) is 12.1 Å². The molecule has 1 fully saturated rings. The molecular formula is C18H25N5O4. The molecule has 1 aliphatic rings. The number of nitrogens with one attached hydrogen (secondary N) is 3. The minimum atomic E-state index is -0.368. The Hall–Kier alpha value is -2.81. The smallest absolute Gasteiger partial charge is 0.407 e. The Balaban J connectivity index is 1.24. The van der Waals surface area contributed by atoms with Gasteiger partial charge in [0.15, 0.2) is 5.82 Å². The van der Waals surface area contributed by atoms with Crippen molar-refractivity contribution in [3.63, 3.8) is 0 Å². The fourth-order valence-electron chi connectivity index (χ4n) is 2.76. The number of H-pyrrole nitrogens is 1. The van der Waals surface area contributed by atoms with E-state index in [1.165, 1.54) is 0 Å². The van der Waals surface area contributed by atoms with Crippen LogP contribution in [0.3, 0.4) is 0 Å². The molecular weight excluding hydrogens is 350 g/mol. The van der Waals surface area contributed by atoms with Gasteiger partial charge in [0, 0.05) is 24.9 Å². The van der Waals surface area contributed by atoms with Crippen LogP contribution in [-0.4, -0.2) is 53.7 Å². The molecule has 1 amide bonds. The predicted molar refractivity (Wildman–Crippen MR) is 99.2 cm³/mol. The molecule has 2 aromatic rings. The van der Waals surface area contributed by atoms with Crippen LogP contribution in [0.4, 0.5) is 16.4 Å². The van der Waals surface area contributed by atoms with Gasteiger partial charge in [0.1, 0.15) is 18.5 Å². The summed E-state index contributed by atoms with van der Waals surface area (Å²) in [6, 6.07) is 7.25. The first-order valence-electron chi connectivity index (χ1n) is 9.18. The molecule has 0 aliphatic heterocycles. The second-order valence-electron chi connectivity index (χ2n) is 6.14. The minimum absolute atomic E-state index is 0.0742. The first-order valence-corrected chi connectivity index (χ1v) is 9.18. The van der Waals surface area contributed by atoms with Crippen molar-refractivity contribution < 1.29 is 19.0 Å². The van der Waals surface area contributed by atoms with E-state index in [-0.39, 0.29) is 12.2 Å². The van der Waals surface area contributed by atoms with Crippen LogP contribution >= 0.6 is 0 Å². The number of alkyl carbamates (subject to hydrolysis) is 1. The summed E-state index contributed by atoms with van der Waals surface area (Å²) >= 11 is 0. The number of nitrogens with zero attached hydrogens (tertiary/aromatic N) is 2. The number of ether oxygens (including phenoxy) is 3. The van der Waals surface area contributed by atoms with Crippen molar-refractivity contribution in [3.8, 4) is 5.88 Å². The van der Waals surface area contributed by atoms with Gasteiger partial charge < -0.3 is 24.8 Å². The highest BCUT2D eigenvalue weighted by Gasteiger charge is 2.18. The lowest BCUT2D eigenvalue weighted by Gasteiger charge is -2.12. The summed E-state index contributed by atoms with van der Waals surface area (Å²) in [5, 5.41) is 12.5. The molecule has 0 atom stereocenters. The molecule has 1 aliphatic carbocycles. The first-order chi connectivity index (χ1) is 13.3. The van der Waals surface area contributed by atoms with Crippen LogP contribution in [0.1, 0.15) is 25.7 Å². The lowest BCUT2D eigenvalue weighted by Crippen LogP contribution is -2.31. The summed E-state index contributed by atoms with van der Waals surface area (Å²) < 4.78 is 16.3. The minimum Gasteiger partial charge on any atom is -0.475 e. The molecule has 0 saturated heterocycles. The molecule has 3 N–H and O–H groups in total. The van der Waals surface area contributed by atoms with Crippen molar-refractivity contribution in [3.05, 3.63) is 30.5 Å². The SMILES string of the molecule is O=C(NCCOCCOc1cccc(Nc2cc[nH]n2)n1)OC1CCCC1. The van der Waals surface area contributed by atoms with Crippen LogP contribution in [0, 0.1) is 0 Å². The summed E-state index contributed by atoms with van der Waals surface area (Å²) in [6.45, 7) is 1.58. The van der Waals surface area contributed by atoms with E-state index in [9.17, 15) is 4.79 Å². The number of carbonyl (C=O) groups is 1. The molecule has 9 nitrogen and oxygen atoms in total. The molecule has 0 radical (unpaired) electrons. The van der Waals surface area contributed by atoms with Crippen LogP contribution < -0.4 is 15.4 Å². The molecule has 3 rings (SSSR count). The Morgan fingerprint density at radius 1 is 1.15 bits per heavy atom. The number of hydrogen-bond donors (Lipinski definition) is 3. The third-order valence-corrected chi connectivity index (χ3v) is 4.05. The summed E-state index contributed by atoms with van der Waals surface area (Å²) in [5.74, 6) is 1.82. The van der Waals surface area contributed by atoms with Gasteiger partial charge >= 0.3 is 6.09 Å². The number of aromatic nitrogens is 3. The highest BCUT2D eigenvalue weighted by atomic mass is 16.6. The topological polar surface area (TPSA) is 110 Å². The standard InChI is InChI=1S/C18H25N5O4/c24-18(27-14-4-1-2-5-14)19-10-11-25-12-13-26-17-7-3-6-15(22-17)21-16-8-9-20-23-16/h3,6-9,14H,1-2,4-5,10-13H2,(H,19,24)(H2,20,21,22,23). The summed E-state index contributed by atoms with van der Waals surface area (Å²) in [6.07, 6.45) is 5.64. The zero-order valence-corrected chi connectivity index (χ0v) is 15.1. The van der Waals surface area contributed by atoms with Crippen molar-refractivity contribution >= 4 is 17.7 Å². The number of aromatic amines is 1. The zero-order chi connectivity index (χ0) is 18.7. The van der Waals surface area contributed by atoms with Crippen LogP contribution in [-0.2, 0) is 9.47 Å². The van der Waals surface area contributed by atoms with Gasteiger partial charge in [-0.25, -0.2) is 4.79 Å². The summed E-state index contributed by atoms with van der Waals surface area (Å²) in [4.78, 5) is 15.9.